The predicted molar refractivity (Wildman–Crippen MR) is 75.4 cm³/mol. The molecule has 0 fully saturated rings. The van der Waals surface area contributed by atoms with Crippen LogP contribution in [0.25, 0.3) is 0 Å². The van der Waals surface area contributed by atoms with Crippen molar-refractivity contribution >= 4 is 15.9 Å². The average Bonchev–Trinajstić information content (AvgIpc) is 2.75. The molecule has 0 saturated heterocycles. The molecule has 2 rings (SSSR count). The molecule has 1 atom stereocenters. The second-order valence-corrected chi connectivity index (χ2v) is 5.29. The van der Waals surface area contributed by atoms with Crippen LogP contribution in [0.4, 0.5) is 0 Å². The molecule has 1 unspecified atom stereocenters. The molecule has 0 bridgehead atoms. The van der Waals surface area contributed by atoms with Crippen LogP contribution in [-0.2, 0) is 13.5 Å². The first-order valence-corrected chi connectivity index (χ1v) is 6.68. The van der Waals surface area contributed by atoms with Gasteiger partial charge in [-0.15, -0.1) is 5.10 Å². The molecule has 1 aromatic heterocycles. The molecule has 18 heavy (non-hydrogen) atoms. The number of nitrogens with zero attached hydrogens (tertiary/aromatic N) is 3. The standard InChI is InChI=1S/C13H17BrN4/c1-9-6-10(4-5-12(9)14)13(15-2)7-11-8-18(3)17-16-11/h4-6,8,13,15H,7H2,1-3H3. The summed E-state index contributed by atoms with van der Waals surface area (Å²) < 4.78 is 2.87. The Bertz CT molecular complexity index is 536. The first-order chi connectivity index (χ1) is 8.60. The van der Waals surface area contributed by atoms with Crippen molar-refractivity contribution in [3.63, 3.8) is 0 Å². The van der Waals surface area contributed by atoms with E-state index >= 15 is 0 Å². The van der Waals surface area contributed by atoms with Gasteiger partial charge in [0.2, 0.25) is 0 Å². The van der Waals surface area contributed by atoms with Gasteiger partial charge < -0.3 is 5.32 Å². The summed E-state index contributed by atoms with van der Waals surface area (Å²) in [4.78, 5) is 0. The molecule has 1 heterocycles. The average molecular weight is 309 g/mol. The Balaban J connectivity index is 2.19. The first-order valence-electron chi connectivity index (χ1n) is 5.88. The van der Waals surface area contributed by atoms with Crippen LogP contribution in [0.3, 0.4) is 0 Å². The molecule has 0 aliphatic rings. The number of aromatic nitrogens is 3. The van der Waals surface area contributed by atoms with Crippen LogP contribution in [0.5, 0.6) is 0 Å². The van der Waals surface area contributed by atoms with E-state index in [1.54, 1.807) is 4.68 Å². The van der Waals surface area contributed by atoms with Crippen LogP contribution in [-0.4, -0.2) is 22.0 Å². The maximum atomic E-state index is 4.13. The van der Waals surface area contributed by atoms with Gasteiger partial charge >= 0.3 is 0 Å². The fourth-order valence-corrected chi connectivity index (χ4v) is 2.22. The zero-order chi connectivity index (χ0) is 13.1. The van der Waals surface area contributed by atoms with E-state index in [1.165, 1.54) is 11.1 Å². The lowest BCUT2D eigenvalue weighted by Gasteiger charge is -2.16. The van der Waals surface area contributed by atoms with E-state index in [0.29, 0.717) is 0 Å². The van der Waals surface area contributed by atoms with Crippen molar-refractivity contribution in [2.75, 3.05) is 7.05 Å². The van der Waals surface area contributed by atoms with Crippen molar-refractivity contribution in [3.8, 4) is 0 Å². The summed E-state index contributed by atoms with van der Waals surface area (Å²) in [5, 5.41) is 11.4. The summed E-state index contributed by atoms with van der Waals surface area (Å²) in [5.74, 6) is 0. The summed E-state index contributed by atoms with van der Waals surface area (Å²) in [6.07, 6.45) is 2.79. The lowest BCUT2D eigenvalue weighted by molar-refractivity contribution is 0.583. The van der Waals surface area contributed by atoms with Crippen molar-refractivity contribution < 1.29 is 0 Å². The third-order valence-corrected chi connectivity index (χ3v) is 3.89. The zero-order valence-corrected chi connectivity index (χ0v) is 12.4. The highest BCUT2D eigenvalue weighted by Crippen LogP contribution is 2.23. The Hall–Kier alpha value is -1.20. The minimum atomic E-state index is 0.258. The third-order valence-electron chi connectivity index (χ3n) is 3.00. The number of hydrogen-bond donors (Lipinski definition) is 1. The Morgan fingerprint density at radius 2 is 2.22 bits per heavy atom. The van der Waals surface area contributed by atoms with Gasteiger partial charge in [-0.3, -0.25) is 4.68 Å². The van der Waals surface area contributed by atoms with Crippen LogP contribution < -0.4 is 5.32 Å². The monoisotopic (exact) mass is 308 g/mol. The SMILES string of the molecule is CNC(Cc1cn(C)nn1)c1ccc(Br)c(C)c1. The number of likely N-dealkylation sites (N-methyl/N-ethyl adjacent to an activating group) is 1. The number of aryl methyl sites for hydroxylation is 2. The quantitative estimate of drug-likeness (QED) is 0.943. The van der Waals surface area contributed by atoms with E-state index in [2.05, 4.69) is 56.7 Å². The van der Waals surface area contributed by atoms with E-state index in [-0.39, 0.29) is 6.04 Å². The molecule has 0 amide bonds. The minimum Gasteiger partial charge on any atom is -0.313 e. The Morgan fingerprint density at radius 1 is 1.44 bits per heavy atom. The maximum Gasteiger partial charge on any atom is 0.0845 e. The highest BCUT2D eigenvalue weighted by atomic mass is 79.9. The van der Waals surface area contributed by atoms with Gasteiger partial charge in [-0.1, -0.05) is 33.3 Å². The van der Waals surface area contributed by atoms with Crippen molar-refractivity contribution in [2.24, 2.45) is 7.05 Å². The fourth-order valence-electron chi connectivity index (χ4n) is 1.97. The summed E-state index contributed by atoms with van der Waals surface area (Å²) >= 11 is 3.52. The molecule has 96 valence electrons. The van der Waals surface area contributed by atoms with Crippen molar-refractivity contribution in [1.29, 1.82) is 0 Å². The van der Waals surface area contributed by atoms with Crippen LogP contribution >= 0.6 is 15.9 Å². The number of benzene rings is 1. The van der Waals surface area contributed by atoms with E-state index in [1.807, 2.05) is 20.3 Å². The highest BCUT2D eigenvalue weighted by Gasteiger charge is 2.13. The smallest absolute Gasteiger partial charge is 0.0845 e. The Morgan fingerprint density at radius 3 is 2.78 bits per heavy atom. The number of hydrogen-bond acceptors (Lipinski definition) is 3. The lowest BCUT2D eigenvalue weighted by atomic mass is 10.0. The van der Waals surface area contributed by atoms with E-state index in [9.17, 15) is 0 Å². The summed E-state index contributed by atoms with van der Waals surface area (Å²) in [6, 6.07) is 6.68. The second-order valence-electron chi connectivity index (χ2n) is 4.44. The van der Waals surface area contributed by atoms with Crippen molar-refractivity contribution in [2.45, 2.75) is 19.4 Å². The number of rotatable bonds is 4. The van der Waals surface area contributed by atoms with Crippen LogP contribution in [0.1, 0.15) is 22.9 Å². The van der Waals surface area contributed by atoms with Crippen LogP contribution in [0, 0.1) is 6.92 Å². The van der Waals surface area contributed by atoms with E-state index in [0.717, 1.165) is 16.6 Å². The van der Waals surface area contributed by atoms with Gasteiger partial charge in [0.25, 0.3) is 0 Å². The van der Waals surface area contributed by atoms with Gasteiger partial charge in [-0.05, 0) is 31.2 Å². The Kier molecular flexibility index (Phi) is 4.14. The van der Waals surface area contributed by atoms with E-state index in [4.69, 9.17) is 0 Å². The van der Waals surface area contributed by atoms with Gasteiger partial charge in [0.05, 0.1) is 5.69 Å². The fraction of sp³-hybridized carbons (Fsp3) is 0.385. The molecular formula is C13H17BrN4. The molecule has 2 aromatic rings. The summed E-state index contributed by atoms with van der Waals surface area (Å²) in [5.41, 5.74) is 3.51. The van der Waals surface area contributed by atoms with Crippen LogP contribution in [0.15, 0.2) is 28.9 Å². The molecule has 0 radical (unpaired) electrons. The Labute approximate surface area is 116 Å². The van der Waals surface area contributed by atoms with Crippen molar-refractivity contribution in [1.82, 2.24) is 20.3 Å². The van der Waals surface area contributed by atoms with Crippen LogP contribution in [0.2, 0.25) is 0 Å². The number of halogens is 1. The zero-order valence-electron chi connectivity index (χ0n) is 10.8. The van der Waals surface area contributed by atoms with Gasteiger partial charge in [0.15, 0.2) is 0 Å². The predicted octanol–water partition coefficient (Wildman–Crippen LogP) is 2.39. The largest absolute Gasteiger partial charge is 0.313 e. The third kappa shape index (κ3) is 2.97. The minimum absolute atomic E-state index is 0.258. The molecule has 1 aromatic carbocycles. The normalized spacial score (nSPS) is 12.7. The first kappa shape index (κ1) is 13.2. The number of nitrogens with one attached hydrogen (secondary N) is 1. The molecular weight excluding hydrogens is 292 g/mol. The highest BCUT2D eigenvalue weighted by molar-refractivity contribution is 9.10. The molecule has 0 saturated carbocycles. The molecule has 4 nitrogen and oxygen atoms in total. The lowest BCUT2D eigenvalue weighted by Crippen LogP contribution is -2.19. The van der Waals surface area contributed by atoms with Gasteiger partial charge in [0.1, 0.15) is 0 Å². The van der Waals surface area contributed by atoms with Gasteiger partial charge in [0, 0.05) is 30.2 Å². The topological polar surface area (TPSA) is 42.7 Å². The molecule has 0 spiro atoms. The second kappa shape index (κ2) is 5.63. The van der Waals surface area contributed by atoms with Gasteiger partial charge in [-0.25, -0.2) is 0 Å². The maximum absolute atomic E-state index is 4.13. The molecule has 0 aliphatic heterocycles. The molecule has 0 aliphatic carbocycles. The van der Waals surface area contributed by atoms with Gasteiger partial charge in [-0.2, -0.15) is 0 Å². The van der Waals surface area contributed by atoms with Crippen molar-refractivity contribution in [3.05, 3.63) is 45.7 Å². The summed E-state index contributed by atoms with van der Waals surface area (Å²) in [7, 11) is 3.85. The molecule has 5 heteroatoms. The summed E-state index contributed by atoms with van der Waals surface area (Å²) in [6.45, 7) is 2.10. The molecule has 1 N–H and O–H groups in total. The van der Waals surface area contributed by atoms with E-state index < -0.39 is 0 Å².